The van der Waals surface area contributed by atoms with Crippen molar-refractivity contribution in [3.63, 3.8) is 0 Å². The molecule has 0 spiro atoms. The van der Waals surface area contributed by atoms with E-state index in [-0.39, 0.29) is 0 Å². The summed E-state index contributed by atoms with van der Waals surface area (Å²) in [6.45, 7) is 0.384. The Balaban J connectivity index is 2.27. The van der Waals surface area contributed by atoms with Crippen LogP contribution in [0.1, 0.15) is 5.56 Å². The number of nitrogens with one attached hydrogen (secondary N) is 1. The van der Waals surface area contributed by atoms with Crippen LogP contribution >= 0.6 is 11.6 Å². The summed E-state index contributed by atoms with van der Waals surface area (Å²) in [5, 5.41) is 3.35. The van der Waals surface area contributed by atoms with Gasteiger partial charge in [-0.25, -0.2) is 8.78 Å². The summed E-state index contributed by atoms with van der Waals surface area (Å²) in [6, 6.07) is 8.74. The molecule has 100 valence electrons. The monoisotopic (exact) mass is 283 g/mol. The maximum Gasteiger partial charge on any atom is 0.198 e. The average Bonchev–Trinajstić information content (AvgIpc) is 2.36. The smallest absolute Gasteiger partial charge is 0.198 e. The van der Waals surface area contributed by atoms with Gasteiger partial charge in [-0.3, -0.25) is 0 Å². The van der Waals surface area contributed by atoms with Crippen molar-refractivity contribution < 1.29 is 13.5 Å². The molecule has 0 heterocycles. The van der Waals surface area contributed by atoms with E-state index in [2.05, 4.69) is 5.32 Å². The van der Waals surface area contributed by atoms with Crippen molar-refractivity contribution in [1.82, 2.24) is 5.32 Å². The molecule has 0 atom stereocenters. The summed E-state index contributed by atoms with van der Waals surface area (Å²) in [7, 11) is 1.70. The minimum Gasteiger partial charge on any atom is -0.451 e. The number of rotatable bonds is 4. The van der Waals surface area contributed by atoms with Gasteiger partial charge in [-0.1, -0.05) is 11.6 Å². The van der Waals surface area contributed by atoms with E-state index in [0.29, 0.717) is 22.9 Å². The Labute approximate surface area is 115 Å². The number of halogens is 3. The van der Waals surface area contributed by atoms with Gasteiger partial charge >= 0.3 is 0 Å². The van der Waals surface area contributed by atoms with Crippen LogP contribution in [-0.2, 0) is 6.54 Å². The van der Waals surface area contributed by atoms with Gasteiger partial charge in [0, 0.05) is 11.6 Å². The Morgan fingerprint density at radius 3 is 2.21 bits per heavy atom. The molecule has 2 nitrogen and oxygen atoms in total. The Hall–Kier alpha value is -1.65. The second-order valence-corrected chi connectivity index (χ2v) is 4.41. The molecule has 0 aliphatic carbocycles. The Kier molecular flexibility index (Phi) is 4.35. The molecule has 2 aromatic rings. The van der Waals surface area contributed by atoms with Crippen LogP contribution in [0, 0.1) is 11.6 Å². The van der Waals surface area contributed by atoms with Crippen LogP contribution in [0.5, 0.6) is 11.5 Å². The van der Waals surface area contributed by atoms with Gasteiger partial charge in [0.25, 0.3) is 0 Å². The molecule has 0 saturated carbocycles. The lowest BCUT2D eigenvalue weighted by atomic mass is 10.2. The fraction of sp³-hybridized carbons (Fsp3) is 0.143. The van der Waals surface area contributed by atoms with E-state index in [0.717, 1.165) is 0 Å². The molecule has 0 bridgehead atoms. The van der Waals surface area contributed by atoms with E-state index >= 15 is 0 Å². The van der Waals surface area contributed by atoms with E-state index < -0.39 is 17.4 Å². The van der Waals surface area contributed by atoms with E-state index in [1.165, 1.54) is 12.1 Å². The quantitative estimate of drug-likeness (QED) is 0.911. The molecule has 2 aromatic carbocycles. The first kappa shape index (κ1) is 13.8. The zero-order valence-electron chi connectivity index (χ0n) is 10.2. The van der Waals surface area contributed by atoms with Crippen LogP contribution in [0.2, 0.25) is 5.02 Å². The second-order valence-electron chi connectivity index (χ2n) is 3.97. The molecule has 0 fully saturated rings. The summed E-state index contributed by atoms with van der Waals surface area (Å²) < 4.78 is 32.8. The first-order valence-electron chi connectivity index (χ1n) is 5.66. The van der Waals surface area contributed by atoms with Crippen LogP contribution in [0.4, 0.5) is 8.78 Å². The molecule has 2 rings (SSSR count). The summed E-state index contributed by atoms with van der Waals surface area (Å²) in [6.07, 6.45) is 0. The normalized spacial score (nSPS) is 10.5. The standard InChI is InChI=1S/C14H12ClF2NO/c1-18-8-9-6-12(16)14(13(17)7-9)19-11-4-2-10(15)3-5-11/h2-7,18H,8H2,1H3. The van der Waals surface area contributed by atoms with E-state index in [1.807, 2.05) is 0 Å². The van der Waals surface area contributed by atoms with Crippen molar-refractivity contribution in [2.75, 3.05) is 7.05 Å². The highest BCUT2D eigenvalue weighted by Gasteiger charge is 2.13. The van der Waals surface area contributed by atoms with Crippen molar-refractivity contribution in [2.24, 2.45) is 0 Å². The van der Waals surface area contributed by atoms with Gasteiger partial charge in [0.2, 0.25) is 0 Å². The Morgan fingerprint density at radius 1 is 1.11 bits per heavy atom. The SMILES string of the molecule is CNCc1cc(F)c(Oc2ccc(Cl)cc2)c(F)c1. The summed E-state index contributed by atoms with van der Waals surface area (Å²) in [5.74, 6) is -1.56. The van der Waals surface area contributed by atoms with Crippen molar-refractivity contribution in [2.45, 2.75) is 6.54 Å². The fourth-order valence-corrected chi connectivity index (χ4v) is 1.76. The molecule has 0 aliphatic heterocycles. The third-order valence-electron chi connectivity index (χ3n) is 2.47. The van der Waals surface area contributed by atoms with Crippen LogP contribution in [-0.4, -0.2) is 7.05 Å². The molecular formula is C14H12ClF2NO. The lowest BCUT2D eigenvalue weighted by Gasteiger charge is -2.10. The van der Waals surface area contributed by atoms with Crippen LogP contribution in [0.15, 0.2) is 36.4 Å². The topological polar surface area (TPSA) is 21.3 Å². The van der Waals surface area contributed by atoms with Gasteiger partial charge < -0.3 is 10.1 Å². The van der Waals surface area contributed by atoms with Gasteiger partial charge in [0.05, 0.1) is 0 Å². The highest BCUT2D eigenvalue weighted by Crippen LogP contribution is 2.29. The fourth-order valence-electron chi connectivity index (χ4n) is 1.64. The van der Waals surface area contributed by atoms with E-state index in [1.54, 1.807) is 31.3 Å². The minimum atomic E-state index is -0.736. The molecule has 0 aromatic heterocycles. The van der Waals surface area contributed by atoms with Gasteiger partial charge in [-0.2, -0.15) is 0 Å². The molecular weight excluding hydrogens is 272 g/mol. The van der Waals surface area contributed by atoms with Crippen molar-refractivity contribution in [3.05, 3.63) is 58.6 Å². The average molecular weight is 284 g/mol. The first-order valence-corrected chi connectivity index (χ1v) is 6.04. The zero-order chi connectivity index (χ0) is 13.8. The number of hydrogen-bond acceptors (Lipinski definition) is 2. The highest BCUT2D eigenvalue weighted by molar-refractivity contribution is 6.30. The minimum absolute atomic E-state index is 0.323. The lowest BCUT2D eigenvalue weighted by molar-refractivity contribution is 0.406. The maximum atomic E-state index is 13.8. The molecule has 19 heavy (non-hydrogen) atoms. The van der Waals surface area contributed by atoms with Crippen molar-refractivity contribution >= 4 is 11.6 Å². The predicted octanol–water partition coefficient (Wildman–Crippen LogP) is 4.13. The first-order chi connectivity index (χ1) is 9.10. The summed E-state index contributed by atoms with van der Waals surface area (Å²) in [4.78, 5) is 0. The zero-order valence-corrected chi connectivity index (χ0v) is 11.0. The van der Waals surface area contributed by atoms with Crippen LogP contribution in [0.25, 0.3) is 0 Å². The number of ether oxygens (including phenoxy) is 1. The Bertz CT molecular complexity index is 549. The third kappa shape index (κ3) is 3.43. The van der Waals surface area contributed by atoms with E-state index in [9.17, 15) is 8.78 Å². The van der Waals surface area contributed by atoms with Crippen molar-refractivity contribution in [1.29, 1.82) is 0 Å². The summed E-state index contributed by atoms with van der Waals surface area (Å²) in [5.41, 5.74) is 0.515. The molecule has 1 N–H and O–H groups in total. The molecule has 0 aliphatic rings. The summed E-state index contributed by atoms with van der Waals surface area (Å²) >= 11 is 5.72. The maximum absolute atomic E-state index is 13.8. The number of hydrogen-bond donors (Lipinski definition) is 1. The second kappa shape index (κ2) is 5.99. The lowest BCUT2D eigenvalue weighted by Crippen LogP contribution is -2.06. The molecule has 0 saturated heterocycles. The van der Waals surface area contributed by atoms with Crippen molar-refractivity contribution in [3.8, 4) is 11.5 Å². The Morgan fingerprint density at radius 2 is 1.68 bits per heavy atom. The highest BCUT2D eigenvalue weighted by atomic mass is 35.5. The third-order valence-corrected chi connectivity index (χ3v) is 2.72. The number of benzene rings is 2. The van der Waals surface area contributed by atoms with Crippen LogP contribution in [0.3, 0.4) is 0 Å². The predicted molar refractivity (Wildman–Crippen MR) is 70.6 cm³/mol. The molecule has 0 amide bonds. The van der Waals surface area contributed by atoms with Gasteiger partial charge in [-0.15, -0.1) is 0 Å². The van der Waals surface area contributed by atoms with Gasteiger partial charge in [-0.05, 0) is 49.0 Å². The molecule has 0 radical (unpaired) electrons. The largest absolute Gasteiger partial charge is 0.451 e. The molecule has 0 unspecified atom stereocenters. The van der Waals surface area contributed by atoms with Crippen LogP contribution < -0.4 is 10.1 Å². The molecule has 5 heteroatoms. The van der Waals surface area contributed by atoms with Gasteiger partial charge in [0.15, 0.2) is 17.4 Å². The van der Waals surface area contributed by atoms with E-state index in [4.69, 9.17) is 16.3 Å². The van der Waals surface area contributed by atoms with Gasteiger partial charge in [0.1, 0.15) is 5.75 Å².